The molecule has 138 valence electrons. The normalized spacial score (nSPS) is 14.8. The van der Waals surface area contributed by atoms with Crippen LogP contribution in [-0.2, 0) is 4.79 Å². The zero-order valence-corrected chi connectivity index (χ0v) is 15.0. The predicted molar refractivity (Wildman–Crippen MR) is 101 cm³/mol. The molecule has 0 aliphatic heterocycles. The molecule has 1 fully saturated rings. The van der Waals surface area contributed by atoms with Crippen LogP contribution in [0.25, 0.3) is 10.1 Å². The number of urea groups is 1. The Balaban J connectivity index is 1.50. The van der Waals surface area contributed by atoms with E-state index in [9.17, 15) is 14.4 Å². The number of carboxylic acid groups (broad SMARTS) is 1. The number of carbonyl (C=O) groups is 3. The Hall–Kier alpha value is -2.61. The zero-order valence-electron chi connectivity index (χ0n) is 14.2. The predicted octanol–water partition coefficient (Wildman–Crippen LogP) is 3.17. The first kappa shape index (κ1) is 18.2. The molecule has 4 N–H and O–H groups in total. The summed E-state index contributed by atoms with van der Waals surface area (Å²) < 4.78 is 0.838. The molecular weight excluding hydrogens is 354 g/mol. The van der Waals surface area contributed by atoms with Gasteiger partial charge in [0.1, 0.15) is 4.88 Å². The molecule has 0 atom stereocenters. The molecule has 3 rings (SSSR count). The van der Waals surface area contributed by atoms with Crippen LogP contribution in [0.15, 0.2) is 24.3 Å². The van der Waals surface area contributed by atoms with Crippen LogP contribution in [0.1, 0.15) is 41.8 Å². The Morgan fingerprint density at radius 3 is 2.62 bits per heavy atom. The molecular formula is C18H21N3O4S. The number of hydrogen-bond acceptors (Lipinski definition) is 4. The lowest BCUT2D eigenvalue weighted by Gasteiger charge is -2.22. The van der Waals surface area contributed by atoms with E-state index >= 15 is 0 Å². The third kappa shape index (κ3) is 4.72. The lowest BCUT2D eigenvalue weighted by molar-refractivity contribution is -0.115. The highest BCUT2D eigenvalue weighted by Gasteiger charge is 2.16. The maximum Gasteiger partial charge on any atom is 0.345 e. The molecule has 1 aromatic heterocycles. The van der Waals surface area contributed by atoms with Crippen molar-refractivity contribution in [3.63, 3.8) is 0 Å². The van der Waals surface area contributed by atoms with Gasteiger partial charge in [-0.2, -0.15) is 0 Å². The average molecular weight is 375 g/mol. The van der Waals surface area contributed by atoms with E-state index in [1.54, 1.807) is 24.3 Å². The quantitative estimate of drug-likeness (QED) is 0.644. The van der Waals surface area contributed by atoms with Gasteiger partial charge >= 0.3 is 12.0 Å². The van der Waals surface area contributed by atoms with Crippen LogP contribution in [0.4, 0.5) is 10.5 Å². The van der Waals surface area contributed by atoms with Crippen molar-refractivity contribution in [3.8, 4) is 0 Å². The molecule has 0 spiro atoms. The SMILES string of the molecule is O=C(CNC(=O)NC1CCCCC1)Nc1ccc2sc(C(=O)O)cc2c1. The van der Waals surface area contributed by atoms with E-state index in [0.29, 0.717) is 5.69 Å². The summed E-state index contributed by atoms with van der Waals surface area (Å²) in [6.07, 6.45) is 5.43. The number of carboxylic acids is 1. The van der Waals surface area contributed by atoms with E-state index in [2.05, 4.69) is 16.0 Å². The summed E-state index contributed by atoms with van der Waals surface area (Å²) >= 11 is 1.19. The minimum Gasteiger partial charge on any atom is -0.477 e. The number of benzene rings is 1. The number of anilines is 1. The molecule has 1 saturated carbocycles. The molecule has 0 unspecified atom stereocenters. The second-order valence-corrected chi connectivity index (χ2v) is 7.46. The van der Waals surface area contributed by atoms with Gasteiger partial charge in [0.2, 0.25) is 5.91 Å². The van der Waals surface area contributed by atoms with Crippen molar-refractivity contribution < 1.29 is 19.5 Å². The summed E-state index contributed by atoms with van der Waals surface area (Å²) in [5.74, 6) is -1.30. The van der Waals surface area contributed by atoms with E-state index < -0.39 is 5.97 Å². The largest absolute Gasteiger partial charge is 0.477 e. The first-order valence-electron chi connectivity index (χ1n) is 8.62. The second-order valence-electron chi connectivity index (χ2n) is 6.38. The highest BCUT2D eigenvalue weighted by Crippen LogP contribution is 2.28. The average Bonchev–Trinajstić information content (AvgIpc) is 3.04. The van der Waals surface area contributed by atoms with Gasteiger partial charge in [0.05, 0.1) is 6.54 Å². The van der Waals surface area contributed by atoms with Crippen molar-refractivity contribution in [2.75, 3.05) is 11.9 Å². The summed E-state index contributed by atoms with van der Waals surface area (Å²) in [7, 11) is 0. The molecule has 1 aliphatic rings. The van der Waals surface area contributed by atoms with Crippen molar-refractivity contribution in [2.45, 2.75) is 38.1 Å². The number of amides is 3. The fourth-order valence-corrected chi connectivity index (χ4v) is 3.96. The van der Waals surface area contributed by atoms with Gasteiger partial charge in [0, 0.05) is 16.4 Å². The molecule has 1 aromatic carbocycles. The van der Waals surface area contributed by atoms with Gasteiger partial charge in [-0.15, -0.1) is 11.3 Å². The Morgan fingerprint density at radius 1 is 1.12 bits per heavy atom. The van der Waals surface area contributed by atoms with Crippen LogP contribution >= 0.6 is 11.3 Å². The third-order valence-electron chi connectivity index (χ3n) is 4.36. The number of thiophene rings is 1. The monoisotopic (exact) mass is 375 g/mol. The van der Waals surface area contributed by atoms with E-state index in [1.807, 2.05) is 0 Å². The Bertz CT molecular complexity index is 827. The summed E-state index contributed by atoms with van der Waals surface area (Å²) in [6, 6.07) is 6.64. The fourth-order valence-electron chi connectivity index (χ4n) is 3.08. The van der Waals surface area contributed by atoms with Crippen molar-refractivity contribution in [3.05, 3.63) is 29.1 Å². The van der Waals surface area contributed by atoms with Crippen molar-refractivity contribution >= 4 is 45.0 Å². The van der Waals surface area contributed by atoms with Gasteiger partial charge in [-0.1, -0.05) is 19.3 Å². The number of aromatic carboxylic acids is 1. The highest BCUT2D eigenvalue weighted by atomic mass is 32.1. The topological polar surface area (TPSA) is 108 Å². The van der Waals surface area contributed by atoms with E-state index in [0.717, 1.165) is 35.8 Å². The van der Waals surface area contributed by atoms with Gasteiger partial charge in [0.25, 0.3) is 0 Å². The second kappa shape index (κ2) is 8.18. The summed E-state index contributed by atoms with van der Waals surface area (Å²) in [6.45, 7) is -0.124. The standard InChI is InChI=1S/C18H21N3O4S/c22-16(10-19-18(25)21-12-4-2-1-3-5-12)20-13-6-7-14-11(8-13)9-15(26-14)17(23)24/h6-9,12H,1-5,10H2,(H,20,22)(H,23,24)(H2,19,21,25). The number of carbonyl (C=O) groups excluding carboxylic acids is 2. The molecule has 0 radical (unpaired) electrons. The molecule has 2 aromatic rings. The van der Waals surface area contributed by atoms with Crippen LogP contribution < -0.4 is 16.0 Å². The molecule has 0 bridgehead atoms. The number of rotatable bonds is 5. The van der Waals surface area contributed by atoms with Crippen LogP contribution in [-0.4, -0.2) is 35.6 Å². The maximum absolute atomic E-state index is 12.0. The first-order chi connectivity index (χ1) is 12.5. The van der Waals surface area contributed by atoms with E-state index in [-0.39, 0.29) is 29.4 Å². The van der Waals surface area contributed by atoms with Crippen LogP contribution in [0.2, 0.25) is 0 Å². The third-order valence-corrected chi connectivity index (χ3v) is 5.46. The van der Waals surface area contributed by atoms with Gasteiger partial charge in [-0.25, -0.2) is 9.59 Å². The number of hydrogen-bond donors (Lipinski definition) is 4. The lowest BCUT2D eigenvalue weighted by Crippen LogP contribution is -2.45. The zero-order chi connectivity index (χ0) is 18.5. The van der Waals surface area contributed by atoms with E-state index in [1.165, 1.54) is 17.8 Å². The van der Waals surface area contributed by atoms with Crippen molar-refractivity contribution in [2.24, 2.45) is 0 Å². The fraction of sp³-hybridized carbons (Fsp3) is 0.389. The maximum atomic E-state index is 12.0. The minimum absolute atomic E-state index is 0.124. The molecule has 1 heterocycles. The Labute approximate surface area is 154 Å². The van der Waals surface area contributed by atoms with Gasteiger partial charge in [-0.3, -0.25) is 4.79 Å². The van der Waals surface area contributed by atoms with Gasteiger partial charge < -0.3 is 21.1 Å². The van der Waals surface area contributed by atoms with Crippen molar-refractivity contribution in [1.29, 1.82) is 0 Å². The van der Waals surface area contributed by atoms with Crippen LogP contribution in [0.3, 0.4) is 0 Å². The molecule has 3 amide bonds. The smallest absolute Gasteiger partial charge is 0.345 e. The van der Waals surface area contributed by atoms with Crippen LogP contribution in [0, 0.1) is 0 Å². The highest BCUT2D eigenvalue weighted by molar-refractivity contribution is 7.20. The van der Waals surface area contributed by atoms with Gasteiger partial charge in [-0.05, 0) is 42.5 Å². The van der Waals surface area contributed by atoms with E-state index in [4.69, 9.17) is 5.11 Å². The molecule has 1 aliphatic carbocycles. The molecule has 0 saturated heterocycles. The van der Waals surface area contributed by atoms with Gasteiger partial charge in [0.15, 0.2) is 0 Å². The minimum atomic E-state index is -0.968. The Kier molecular flexibility index (Phi) is 5.72. The molecule has 26 heavy (non-hydrogen) atoms. The number of nitrogens with one attached hydrogen (secondary N) is 3. The van der Waals surface area contributed by atoms with Crippen LogP contribution in [0.5, 0.6) is 0 Å². The molecule has 7 nitrogen and oxygen atoms in total. The molecule has 8 heteroatoms. The first-order valence-corrected chi connectivity index (χ1v) is 9.44. The Morgan fingerprint density at radius 2 is 1.88 bits per heavy atom. The summed E-state index contributed by atoms with van der Waals surface area (Å²) in [5.41, 5.74) is 0.562. The lowest BCUT2D eigenvalue weighted by atomic mass is 9.96. The number of fused-ring (bicyclic) bond motifs is 1. The summed E-state index contributed by atoms with van der Waals surface area (Å²) in [4.78, 5) is 35.1. The van der Waals surface area contributed by atoms with Crippen molar-refractivity contribution in [1.82, 2.24) is 10.6 Å². The summed E-state index contributed by atoms with van der Waals surface area (Å²) in [5, 5.41) is 18.0.